The molecule has 0 spiro atoms. The van der Waals surface area contributed by atoms with Crippen LogP contribution in [0.5, 0.6) is 0 Å². The monoisotopic (exact) mass is 286 g/mol. The second-order valence-corrected chi connectivity index (χ2v) is 6.84. The molecule has 2 aromatic rings. The normalized spacial score (nSPS) is 16.6. The molecule has 106 valence electrons. The summed E-state index contributed by atoms with van der Waals surface area (Å²) in [6.07, 6.45) is 8.80. The zero-order valence-electron chi connectivity index (χ0n) is 12.1. The summed E-state index contributed by atoms with van der Waals surface area (Å²) in [4.78, 5) is 5.73. The van der Waals surface area contributed by atoms with Crippen LogP contribution >= 0.6 is 11.8 Å². The fourth-order valence-corrected chi connectivity index (χ4v) is 4.17. The van der Waals surface area contributed by atoms with Crippen LogP contribution < -0.4 is 5.32 Å². The Hall–Kier alpha value is -1.06. The molecule has 0 aliphatic carbocycles. The summed E-state index contributed by atoms with van der Waals surface area (Å²) >= 11 is 2.09. The molecule has 3 rings (SSSR count). The van der Waals surface area contributed by atoms with Gasteiger partial charge in [-0.3, -0.25) is 4.98 Å². The van der Waals surface area contributed by atoms with Gasteiger partial charge in [0.2, 0.25) is 0 Å². The lowest BCUT2D eigenvalue weighted by atomic mass is 10.1. The Bertz CT molecular complexity index is 576. The van der Waals surface area contributed by atoms with E-state index in [0.29, 0.717) is 0 Å². The zero-order chi connectivity index (χ0) is 13.8. The van der Waals surface area contributed by atoms with E-state index in [-0.39, 0.29) is 0 Å². The van der Waals surface area contributed by atoms with Gasteiger partial charge in [-0.15, -0.1) is 11.8 Å². The van der Waals surface area contributed by atoms with Crippen molar-refractivity contribution in [1.29, 1.82) is 0 Å². The van der Waals surface area contributed by atoms with Gasteiger partial charge in [0.1, 0.15) is 0 Å². The summed E-state index contributed by atoms with van der Waals surface area (Å²) in [6, 6.07) is 6.83. The third kappa shape index (κ3) is 3.15. The van der Waals surface area contributed by atoms with Gasteiger partial charge in [0.25, 0.3) is 0 Å². The largest absolute Gasteiger partial charge is 0.317 e. The van der Waals surface area contributed by atoms with Crippen LogP contribution in [0.15, 0.2) is 35.5 Å². The highest BCUT2D eigenvalue weighted by Crippen LogP contribution is 2.34. The van der Waals surface area contributed by atoms with Gasteiger partial charge in [-0.05, 0) is 61.5 Å². The second-order valence-electron chi connectivity index (χ2n) is 5.50. The van der Waals surface area contributed by atoms with Crippen molar-refractivity contribution in [2.75, 3.05) is 13.1 Å². The molecule has 0 radical (unpaired) electrons. The lowest BCUT2D eigenvalue weighted by molar-refractivity contribution is 0.531. The lowest BCUT2D eigenvalue weighted by Crippen LogP contribution is -2.29. The topological polar surface area (TPSA) is 24.9 Å². The zero-order valence-corrected chi connectivity index (χ0v) is 12.9. The number of pyridine rings is 1. The second kappa shape index (κ2) is 6.59. The molecule has 0 saturated carbocycles. The van der Waals surface area contributed by atoms with E-state index in [0.717, 1.165) is 24.8 Å². The van der Waals surface area contributed by atoms with Crippen molar-refractivity contribution in [2.45, 2.75) is 42.8 Å². The summed E-state index contributed by atoms with van der Waals surface area (Å²) in [5.41, 5.74) is 1.50. The highest BCUT2D eigenvalue weighted by molar-refractivity contribution is 8.00. The molecule has 3 heteroatoms. The quantitative estimate of drug-likeness (QED) is 0.918. The maximum atomic E-state index is 4.24. The van der Waals surface area contributed by atoms with Crippen LogP contribution in [0.3, 0.4) is 0 Å². The minimum atomic E-state index is 0.770. The highest BCUT2D eigenvalue weighted by atomic mass is 32.2. The van der Waals surface area contributed by atoms with E-state index in [1.807, 2.05) is 12.4 Å². The van der Waals surface area contributed by atoms with E-state index < -0.39 is 0 Å². The van der Waals surface area contributed by atoms with Crippen LogP contribution in [-0.2, 0) is 6.42 Å². The Balaban J connectivity index is 1.91. The number of benzene rings is 1. The van der Waals surface area contributed by atoms with Crippen molar-refractivity contribution < 1.29 is 0 Å². The Labute approximate surface area is 125 Å². The van der Waals surface area contributed by atoms with Crippen LogP contribution in [-0.4, -0.2) is 23.3 Å². The molecule has 0 amide bonds. The summed E-state index contributed by atoms with van der Waals surface area (Å²) < 4.78 is 0. The average Bonchev–Trinajstić information content (AvgIpc) is 2.49. The van der Waals surface area contributed by atoms with Gasteiger partial charge >= 0.3 is 0 Å². The van der Waals surface area contributed by atoms with Crippen molar-refractivity contribution in [1.82, 2.24) is 10.3 Å². The van der Waals surface area contributed by atoms with E-state index in [4.69, 9.17) is 0 Å². The van der Waals surface area contributed by atoms with Crippen LogP contribution in [0, 0.1) is 0 Å². The van der Waals surface area contributed by atoms with E-state index in [9.17, 15) is 0 Å². The van der Waals surface area contributed by atoms with Gasteiger partial charge in [0, 0.05) is 27.9 Å². The molecule has 0 atom stereocenters. The Morgan fingerprint density at radius 1 is 1.25 bits per heavy atom. The molecule has 2 nitrogen and oxygen atoms in total. The van der Waals surface area contributed by atoms with E-state index in [1.54, 1.807) is 0 Å². The minimum Gasteiger partial charge on any atom is -0.317 e. The van der Waals surface area contributed by atoms with Crippen molar-refractivity contribution in [3.05, 3.63) is 36.2 Å². The number of aryl methyl sites for hydroxylation is 1. The third-order valence-corrected chi connectivity index (χ3v) is 5.36. The molecule has 0 bridgehead atoms. The SMILES string of the molecule is CCCc1cc2cnccc2cc1SC1CCNCC1. The predicted octanol–water partition coefficient (Wildman–Crippen LogP) is 4.03. The first kappa shape index (κ1) is 13.9. The number of nitrogens with zero attached hydrogens (tertiary/aromatic N) is 1. The fourth-order valence-electron chi connectivity index (χ4n) is 2.83. The number of hydrogen-bond donors (Lipinski definition) is 1. The van der Waals surface area contributed by atoms with Crippen LogP contribution in [0.2, 0.25) is 0 Å². The van der Waals surface area contributed by atoms with Crippen LogP contribution in [0.4, 0.5) is 0 Å². The standard InChI is InChI=1S/C17H22N2S/c1-2-3-14-10-15-12-19-7-4-13(15)11-17(14)20-16-5-8-18-9-6-16/h4,7,10-12,16,18H,2-3,5-6,8-9H2,1H3. The van der Waals surface area contributed by atoms with Crippen LogP contribution in [0.25, 0.3) is 10.8 Å². The smallest absolute Gasteiger partial charge is 0.0346 e. The molecule has 1 aromatic carbocycles. The number of piperidine rings is 1. The number of nitrogens with one attached hydrogen (secondary N) is 1. The van der Waals surface area contributed by atoms with Crippen molar-refractivity contribution in [2.24, 2.45) is 0 Å². The molecule has 1 N–H and O–H groups in total. The number of thioether (sulfide) groups is 1. The molecule has 1 fully saturated rings. The van der Waals surface area contributed by atoms with Gasteiger partial charge in [-0.25, -0.2) is 0 Å². The summed E-state index contributed by atoms with van der Waals surface area (Å²) in [5, 5.41) is 6.80. The first-order chi connectivity index (χ1) is 9.86. The first-order valence-corrected chi connectivity index (χ1v) is 8.49. The van der Waals surface area contributed by atoms with E-state index >= 15 is 0 Å². The number of hydrogen-bond acceptors (Lipinski definition) is 3. The fraction of sp³-hybridized carbons (Fsp3) is 0.471. The molecule has 1 saturated heterocycles. The average molecular weight is 286 g/mol. The molecule has 0 unspecified atom stereocenters. The summed E-state index contributed by atoms with van der Waals surface area (Å²) in [5.74, 6) is 0. The van der Waals surface area contributed by atoms with Gasteiger partial charge in [-0.2, -0.15) is 0 Å². The number of rotatable bonds is 4. The highest BCUT2D eigenvalue weighted by Gasteiger charge is 2.16. The Kier molecular flexibility index (Phi) is 4.58. The molecule has 1 aliphatic heterocycles. The minimum absolute atomic E-state index is 0.770. The molecule has 1 aliphatic rings. The molecule has 1 aromatic heterocycles. The summed E-state index contributed by atoms with van der Waals surface area (Å²) in [7, 11) is 0. The Morgan fingerprint density at radius 2 is 2.10 bits per heavy atom. The predicted molar refractivity (Wildman–Crippen MR) is 87.5 cm³/mol. The molecule has 2 heterocycles. The number of fused-ring (bicyclic) bond motifs is 1. The van der Waals surface area contributed by atoms with Gasteiger partial charge in [0.05, 0.1) is 0 Å². The van der Waals surface area contributed by atoms with Crippen LogP contribution in [0.1, 0.15) is 31.7 Å². The van der Waals surface area contributed by atoms with Gasteiger partial charge in [0.15, 0.2) is 0 Å². The summed E-state index contributed by atoms with van der Waals surface area (Å²) in [6.45, 7) is 4.59. The molecule has 20 heavy (non-hydrogen) atoms. The molecular weight excluding hydrogens is 264 g/mol. The van der Waals surface area contributed by atoms with Gasteiger partial charge in [-0.1, -0.05) is 13.3 Å². The lowest BCUT2D eigenvalue weighted by Gasteiger charge is -2.23. The first-order valence-electron chi connectivity index (χ1n) is 7.61. The third-order valence-electron chi connectivity index (χ3n) is 3.92. The maximum Gasteiger partial charge on any atom is 0.0346 e. The van der Waals surface area contributed by atoms with E-state index in [2.05, 4.69) is 47.2 Å². The van der Waals surface area contributed by atoms with E-state index in [1.165, 1.54) is 40.5 Å². The maximum absolute atomic E-state index is 4.24. The van der Waals surface area contributed by atoms with Gasteiger partial charge < -0.3 is 5.32 Å². The van der Waals surface area contributed by atoms with Crippen molar-refractivity contribution in [3.63, 3.8) is 0 Å². The Morgan fingerprint density at radius 3 is 2.90 bits per heavy atom. The van der Waals surface area contributed by atoms with Crippen molar-refractivity contribution >= 4 is 22.5 Å². The molecular formula is C17H22N2S. The van der Waals surface area contributed by atoms with Crippen molar-refractivity contribution in [3.8, 4) is 0 Å². The number of aromatic nitrogens is 1.